The number of furan rings is 1. The zero-order valence-corrected chi connectivity index (χ0v) is 9.80. The van der Waals surface area contributed by atoms with E-state index in [9.17, 15) is 5.11 Å². The van der Waals surface area contributed by atoms with Crippen molar-refractivity contribution in [3.63, 3.8) is 0 Å². The van der Waals surface area contributed by atoms with Crippen LogP contribution >= 0.6 is 11.8 Å². The Balaban J connectivity index is 2.28. The van der Waals surface area contributed by atoms with Gasteiger partial charge in [-0.15, -0.1) is 0 Å². The fraction of sp³-hybridized carbons (Fsp3) is 0.636. The number of hydrogen-bond acceptors (Lipinski definition) is 3. The zero-order valence-electron chi connectivity index (χ0n) is 8.99. The summed E-state index contributed by atoms with van der Waals surface area (Å²) in [6.07, 6.45) is 1.68. The second-order valence-corrected chi connectivity index (χ2v) is 5.07. The lowest BCUT2D eigenvalue weighted by atomic mass is 9.95. The van der Waals surface area contributed by atoms with Gasteiger partial charge < -0.3 is 9.52 Å². The summed E-state index contributed by atoms with van der Waals surface area (Å²) in [6, 6.07) is 3.84. The number of aliphatic hydroxyl groups is 1. The first-order valence-corrected chi connectivity index (χ1v) is 6.00. The summed E-state index contributed by atoms with van der Waals surface area (Å²) in [5, 5.41) is 9.97. The van der Waals surface area contributed by atoms with Gasteiger partial charge in [-0.25, -0.2) is 0 Å². The van der Waals surface area contributed by atoms with Crippen LogP contribution in [-0.2, 0) is 5.75 Å². The monoisotopic (exact) mass is 214 g/mol. The van der Waals surface area contributed by atoms with Gasteiger partial charge in [-0.3, -0.25) is 0 Å². The van der Waals surface area contributed by atoms with E-state index in [2.05, 4.69) is 0 Å². The highest BCUT2D eigenvalue weighted by atomic mass is 32.2. The van der Waals surface area contributed by atoms with Gasteiger partial charge in [0.25, 0.3) is 0 Å². The van der Waals surface area contributed by atoms with Crippen molar-refractivity contribution in [3.8, 4) is 0 Å². The fourth-order valence-corrected chi connectivity index (χ4v) is 2.13. The molecule has 0 saturated carbocycles. The Morgan fingerprint density at radius 3 is 2.79 bits per heavy atom. The van der Waals surface area contributed by atoms with E-state index in [-0.39, 0.29) is 5.92 Å². The Bertz CT molecular complexity index is 252. The first kappa shape index (κ1) is 11.7. The van der Waals surface area contributed by atoms with Crippen molar-refractivity contribution in [2.45, 2.75) is 32.1 Å². The molecule has 0 spiro atoms. The molecule has 1 atom stereocenters. The Morgan fingerprint density at radius 2 is 2.29 bits per heavy atom. The fourth-order valence-electron chi connectivity index (χ4n) is 0.920. The predicted octanol–water partition coefficient (Wildman–Crippen LogP) is 2.92. The van der Waals surface area contributed by atoms with Gasteiger partial charge in [0.2, 0.25) is 0 Å². The first-order valence-electron chi connectivity index (χ1n) is 4.85. The Kier molecular flexibility index (Phi) is 4.08. The molecule has 0 radical (unpaired) electrons. The molecule has 0 bridgehead atoms. The van der Waals surface area contributed by atoms with Crippen LogP contribution in [0.5, 0.6) is 0 Å². The molecular formula is C11H18O2S. The lowest BCUT2D eigenvalue weighted by molar-refractivity contribution is 0.0376. The van der Waals surface area contributed by atoms with Gasteiger partial charge in [0.1, 0.15) is 5.76 Å². The smallest absolute Gasteiger partial charge is 0.113 e. The van der Waals surface area contributed by atoms with Crippen LogP contribution in [-0.4, -0.2) is 16.5 Å². The van der Waals surface area contributed by atoms with Gasteiger partial charge in [0.15, 0.2) is 0 Å². The second-order valence-electron chi connectivity index (χ2n) is 4.08. The molecule has 0 aromatic carbocycles. The molecule has 3 heteroatoms. The Labute approximate surface area is 89.7 Å². The van der Waals surface area contributed by atoms with Gasteiger partial charge in [-0.1, -0.05) is 13.8 Å². The van der Waals surface area contributed by atoms with Crippen molar-refractivity contribution < 1.29 is 9.52 Å². The van der Waals surface area contributed by atoms with Crippen molar-refractivity contribution in [1.82, 2.24) is 0 Å². The average Bonchev–Trinajstić information content (AvgIpc) is 2.56. The molecule has 0 saturated heterocycles. The van der Waals surface area contributed by atoms with Crippen molar-refractivity contribution in [2.75, 3.05) is 5.75 Å². The summed E-state index contributed by atoms with van der Waals surface area (Å²) in [6.45, 7) is 5.95. The highest BCUT2D eigenvalue weighted by Gasteiger charge is 2.24. The maximum atomic E-state index is 9.97. The van der Waals surface area contributed by atoms with Crippen LogP contribution in [0, 0.1) is 5.92 Å². The molecule has 0 aliphatic heterocycles. The van der Waals surface area contributed by atoms with Crippen molar-refractivity contribution in [2.24, 2.45) is 5.92 Å². The molecule has 1 heterocycles. The van der Waals surface area contributed by atoms with Gasteiger partial charge in [-0.05, 0) is 25.0 Å². The normalized spacial score (nSPS) is 15.8. The van der Waals surface area contributed by atoms with Crippen LogP contribution in [0.4, 0.5) is 0 Å². The summed E-state index contributed by atoms with van der Waals surface area (Å²) >= 11 is 1.70. The van der Waals surface area contributed by atoms with Crippen molar-refractivity contribution >= 4 is 11.8 Å². The lowest BCUT2D eigenvalue weighted by Gasteiger charge is -2.26. The largest absolute Gasteiger partial charge is 0.468 e. The summed E-state index contributed by atoms with van der Waals surface area (Å²) in [5.74, 6) is 2.82. The molecule has 2 nitrogen and oxygen atoms in total. The van der Waals surface area contributed by atoms with Crippen LogP contribution in [0.25, 0.3) is 0 Å². The summed E-state index contributed by atoms with van der Waals surface area (Å²) in [7, 11) is 0. The van der Waals surface area contributed by atoms with Crippen LogP contribution < -0.4 is 0 Å². The molecule has 0 aliphatic rings. The number of hydrogen-bond donors (Lipinski definition) is 1. The maximum absolute atomic E-state index is 9.97. The molecule has 1 aromatic rings. The molecular weight excluding hydrogens is 196 g/mol. The van der Waals surface area contributed by atoms with Crippen molar-refractivity contribution in [3.05, 3.63) is 24.2 Å². The molecule has 1 N–H and O–H groups in total. The van der Waals surface area contributed by atoms with Gasteiger partial charge in [0, 0.05) is 5.75 Å². The molecule has 0 amide bonds. The Morgan fingerprint density at radius 1 is 1.57 bits per heavy atom. The predicted molar refractivity (Wildman–Crippen MR) is 60.3 cm³/mol. The number of rotatable bonds is 5. The lowest BCUT2D eigenvalue weighted by Crippen LogP contribution is -2.33. The minimum atomic E-state index is -0.586. The third kappa shape index (κ3) is 3.39. The second kappa shape index (κ2) is 4.89. The van der Waals surface area contributed by atoms with Crippen LogP contribution in [0.1, 0.15) is 26.5 Å². The molecule has 80 valence electrons. The molecule has 1 aromatic heterocycles. The van der Waals surface area contributed by atoms with Crippen LogP contribution in [0.15, 0.2) is 22.8 Å². The van der Waals surface area contributed by atoms with E-state index in [4.69, 9.17) is 4.42 Å². The topological polar surface area (TPSA) is 33.4 Å². The van der Waals surface area contributed by atoms with E-state index in [0.29, 0.717) is 0 Å². The van der Waals surface area contributed by atoms with Crippen molar-refractivity contribution in [1.29, 1.82) is 0 Å². The summed E-state index contributed by atoms with van der Waals surface area (Å²) in [5.41, 5.74) is -0.586. The van der Waals surface area contributed by atoms with E-state index < -0.39 is 5.60 Å². The average molecular weight is 214 g/mol. The Hall–Kier alpha value is -0.410. The minimum Gasteiger partial charge on any atom is -0.468 e. The summed E-state index contributed by atoms with van der Waals surface area (Å²) in [4.78, 5) is 0. The third-order valence-corrected chi connectivity index (χ3v) is 3.74. The zero-order chi connectivity index (χ0) is 10.6. The molecule has 0 fully saturated rings. The minimum absolute atomic E-state index is 0.284. The molecule has 1 rings (SSSR count). The molecule has 1 unspecified atom stereocenters. The van der Waals surface area contributed by atoms with E-state index in [0.717, 1.165) is 17.3 Å². The van der Waals surface area contributed by atoms with Crippen LogP contribution in [0.2, 0.25) is 0 Å². The van der Waals surface area contributed by atoms with Crippen LogP contribution in [0.3, 0.4) is 0 Å². The SMILES string of the molecule is CC(C)C(C)(O)CSCc1ccco1. The first-order chi connectivity index (χ1) is 6.52. The van der Waals surface area contributed by atoms with Gasteiger partial charge in [0.05, 0.1) is 17.6 Å². The van der Waals surface area contributed by atoms with E-state index in [1.165, 1.54) is 0 Å². The maximum Gasteiger partial charge on any atom is 0.113 e. The van der Waals surface area contributed by atoms with Gasteiger partial charge >= 0.3 is 0 Å². The molecule has 0 aliphatic carbocycles. The quantitative estimate of drug-likeness (QED) is 0.818. The molecule has 14 heavy (non-hydrogen) atoms. The van der Waals surface area contributed by atoms with Gasteiger partial charge in [-0.2, -0.15) is 11.8 Å². The van der Waals surface area contributed by atoms with E-state index >= 15 is 0 Å². The van der Waals surface area contributed by atoms with E-state index in [1.807, 2.05) is 32.9 Å². The standard InChI is InChI=1S/C11H18O2S/c1-9(2)11(3,12)8-14-7-10-5-4-6-13-10/h4-6,9,12H,7-8H2,1-3H3. The highest BCUT2D eigenvalue weighted by Crippen LogP contribution is 2.23. The third-order valence-electron chi connectivity index (χ3n) is 2.46. The highest BCUT2D eigenvalue weighted by molar-refractivity contribution is 7.98. The number of thioether (sulfide) groups is 1. The van der Waals surface area contributed by atoms with E-state index in [1.54, 1.807) is 18.0 Å². The summed E-state index contributed by atoms with van der Waals surface area (Å²) < 4.78 is 5.21.